The predicted molar refractivity (Wildman–Crippen MR) is 109 cm³/mol. The van der Waals surface area contributed by atoms with Crippen molar-refractivity contribution >= 4 is 27.3 Å². The van der Waals surface area contributed by atoms with Crippen molar-refractivity contribution in [2.45, 2.75) is 11.8 Å². The number of ether oxygens (including phenoxy) is 3. The van der Waals surface area contributed by atoms with E-state index in [0.29, 0.717) is 22.8 Å². The maximum Gasteiger partial charge on any atom is 0.265 e. The molecule has 0 spiro atoms. The fourth-order valence-corrected chi connectivity index (χ4v) is 4.22. The van der Waals surface area contributed by atoms with Crippen molar-refractivity contribution in [2.24, 2.45) is 0 Å². The summed E-state index contributed by atoms with van der Waals surface area (Å²) < 4.78 is 49.4. The molecule has 29 heavy (non-hydrogen) atoms. The van der Waals surface area contributed by atoms with Gasteiger partial charge in [0.1, 0.15) is 27.8 Å². The highest BCUT2D eigenvalue weighted by Crippen LogP contribution is 2.39. The molecule has 154 valence electrons. The standard InChI is InChI=1S/C19H19ClN2O6S/c1-11-7-15(28-21-11)12-5-6-18(16(8-12)26-3)29(23,24)22-19-14(20)9-13(25-2)10-17(19)27-4/h5-10,22H,1-4H3. The Morgan fingerprint density at radius 1 is 1.00 bits per heavy atom. The highest BCUT2D eigenvalue weighted by atomic mass is 35.5. The molecular weight excluding hydrogens is 420 g/mol. The summed E-state index contributed by atoms with van der Waals surface area (Å²) >= 11 is 6.23. The first-order chi connectivity index (χ1) is 13.8. The monoisotopic (exact) mass is 438 g/mol. The Morgan fingerprint density at radius 3 is 2.31 bits per heavy atom. The van der Waals surface area contributed by atoms with Crippen molar-refractivity contribution in [3.05, 3.63) is 47.1 Å². The average Bonchev–Trinajstić information content (AvgIpc) is 3.15. The number of aryl methyl sites for hydroxylation is 1. The summed E-state index contributed by atoms with van der Waals surface area (Å²) in [5.74, 6) is 1.27. The molecule has 0 amide bonds. The maximum absolute atomic E-state index is 13.0. The topological polar surface area (TPSA) is 99.9 Å². The molecule has 2 aromatic carbocycles. The van der Waals surface area contributed by atoms with E-state index in [4.69, 9.17) is 30.3 Å². The minimum Gasteiger partial charge on any atom is -0.497 e. The van der Waals surface area contributed by atoms with Crippen molar-refractivity contribution in [3.8, 4) is 28.6 Å². The van der Waals surface area contributed by atoms with Crippen LogP contribution in [0.1, 0.15) is 5.69 Å². The van der Waals surface area contributed by atoms with Gasteiger partial charge in [0.15, 0.2) is 5.76 Å². The number of rotatable bonds is 7. The van der Waals surface area contributed by atoms with Gasteiger partial charge in [-0.25, -0.2) is 8.42 Å². The molecule has 10 heteroatoms. The van der Waals surface area contributed by atoms with Gasteiger partial charge < -0.3 is 18.7 Å². The summed E-state index contributed by atoms with van der Waals surface area (Å²) in [7, 11) is 0.199. The minimum absolute atomic E-state index is 0.0751. The number of methoxy groups -OCH3 is 3. The lowest BCUT2D eigenvalue weighted by molar-refractivity contribution is 0.395. The summed E-state index contributed by atoms with van der Waals surface area (Å²) in [6.07, 6.45) is 0. The lowest BCUT2D eigenvalue weighted by Gasteiger charge is -2.16. The minimum atomic E-state index is -4.05. The Hall–Kier alpha value is -2.91. The van der Waals surface area contributed by atoms with Crippen LogP contribution in [0.15, 0.2) is 45.8 Å². The third-order valence-electron chi connectivity index (χ3n) is 4.09. The van der Waals surface area contributed by atoms with Crippen LogP contribution in [0.4, 0.5) is 5.69 Å². The average molecular weight is 439 g/mol. The number of sulfonamides is 1. The molecule has 0 bridgehead atoms. The number of hydrogen-bond acceptors (Lipinski definition) is 7. The van der Waals surface area contributed by atoms with E-state index in [2.05, 4.69) is 9.88 Å². The Morgan fingerprint density at radius 2 is 1.72 bits per heavy atom. The number of hydrogen-bond donors (Lipinski definition) is 1. The molecule has 8 nitrogen and oxygen atoms in total. The zero-order chi connectivity index (χ0) is 21.2. The second-order valence-electron chi connectivity index (χ2n) is 5.99. The number of benzene rings is 2. The molecule has 0 saturated carbocycles. The number of anilines is 1. The fourth-order valence-electron chi connectivity index (χ4n) is 2.67. The van der Waals surface area contributed by atoms with Gasteiger partial charge in [-0.3, -0.25) is 4.72 Å². The molecular formula is C19H19ClN2O6S. The van der Waals surface area contributed by atoms with Crippen LogP contribution >= 0.6 is 11.6 Å². The summed E-state index contributed by atoms with van der Waals surface area (Å²) in [6, 6.07) is 9.32. The van der Waals surface area contributed by atoms with E-state index >= 15 is 0 Å². The van der Waals surface area contributed by atoms with Gasteiger partial charge in [-0.1, -0.05) is 16.8 Å². The van der Waals surface area contributed by atoms with E-state index < -0.39 is 10.0 Å². The normalized spacial score (nSPS) is 11.2. The Labute approximate surface area is 173 Å². The molecule has 1 N–H and O–H groups in total. The highest BCUT2D eigenvalue weighted by molar-refractivity contribution is 7.92. The second kappa shape index (κ2) is 8.22. The molecule has 1 aromatic heterocycles. The van der Waals surface area contributed by atoms with Crippen molar-refractivity contribution < 1.29 is 27.2 Å². The fraction of sp³-hybridized carbons (Fsp3) is 0.211. The van der Waals surface area contributed by atoms with Crippen LogP contribution in [0, 0.1) is 6.92 Å². The first-order valence-electron chi connectivity index (χ1n) is 8.35. The van der Waals surface area contributed by atoms with Gasteiger partial charge in [0.05, 0.1) is 32.0 Å². The third kappa shape index (κ3) is 4.25. The molecule has 0 aliphatic rings. The summed E-state index contributed by atoms with van der Waals surface area (Å²) in [5.41, 5.74) is 1.42. The molecule has 0 atom stereocenters. The first-order valence-corrected chi connectivity index (χ1v) is 10.2. The third-order valence-corrected chi connectivity index (χ3v) is 5.77. The van der Waals surface area contributed by atoms with Crippen molar-refractivity contribution in [1.82, 2.24) is 5.16 Å². The lowest BCUT2D eigenvalue weighted by atomic mass is 10.1. The number of nitrogens with one attached hydrogen (secondary N) is 1. The molecule has 0 aliphatic heterocycles. The molecule has 1 heterocycles. The number of aromatic nitrogens is 1. The molecule has 0 saturated heterocycles. The number of halogens is 1. The summed E-state index contributed by atoms with van der Waals surface area (Å²) in [5, 5.41) is 3.96. The Balaban J connectivity index is 2.02. The van der Waals surface area contributed by atoms with Gasteiger partial charge in [-0.15, -0.1) is 0 Å². The van der Waals surface area contributed by atoms with E-state index in [1.54, 1.807) is 25.1 Å². The van der Waals surface area contributed by atoms with Gasteiger partial charge >= 0.3 is 0 Å². The quantitative estimate of drug-likeness (QED) is 0.591. The largest absolute Gasteiger partial charge is 0.497 e. The van der Waals surface area contributed by atoms with E-state index in [0.717, 1.165) is 0 Å². The van der Waals surface area contributed by atoms with Crippen LogP contribution in [0.2, 0.25) is 5.02 Å². The van der Waals surface area contributed by atoms with Crippen LogP contribution in [0.5, 0.6) is 17.2 Å². The summed E-state index contributed by atoms with van der Waals surface area (Å²) in [6.45, 7) is 1.79. The van der Waals surface area contributed by atoms with Crippen LogP contribution in [-0.2, 0) is 10.0 Å². The van der Waals surface area contributed by atoms with Crippen LogP contribution < -0.4 is 18.9 Å². The lowest BCUT2D eigenvalue weighted by Crippen LogP contribution is -2.15. The molecule has 0 aliphatic carbocycles. The van der Waals surface area contributed by atoms with E-state index in [9.17, 15) is 8.42 Å². The van der Waals surface area contributed by atoms with Crippen molar-refractivity contribution in [1.29, 1.82) is 0 Å². The Kier molecular flexibility index (Phi) is 5.90. The smallest absolute Gasteiger partial charge is 0.265 e. The second-order valence-corrected chi connectivity index (χ2v) is 8.05. The Bertz CT molecular complexity index is 1140. The SMILES string of the molecule is COc1cc(Cl)c(NS(=O)(=O)c2ccc(-c3cc(C)no3)cc2OC)c(OC)c1. The van der Waals surface area contributed by atoms with Crippen LogP contribution in [0.25, 0.3) is 11.3 Å². The van der Waals surface area contributed by atoms with E-state index in [1.165, 1.54) is 39.5 Å². The van der Waals surface area contributed by atoms with E-state index in [1.807, 2.05) is 0 Å². The van der Waals surface area contributed by atoms with E-state index in [-0.39, 0.29) is 27.1 Å². The summed E-state index contributed by atoms with van der Waals surface area (Å²) in [4.78, 5) is -0.0751. The van der Waals surface area contributed by atoms with Crippen LogP contribution in [-0.4, -0.2) is 34.9 Å². The number of nitrogens with zero attached hydrogens (tertiary/aromatic N) is 1. The molecule has 3 aromatic rings. The van der Waals surface area contributed by atoms with Gasteiger partial charge in [0, 0.05) is 23.8 Å². The predicted octanol–water partition coefficient (Wildman–Crippen LogP) is 4.13. The van der Waals surface area contributed by atoms with Crippen LogP contribution in [0.3, 0.4) is 0 Å². The molecule has 3 rings (SSSR count). The zero-order valence-corrected chi connectivity index (χ0v) is 17.7. The molecule has 0 unspecified atom stereocenters. The highest BCUT2D eigenvalue weighted by Gasteiger charge is 2.24. The van der Waals surface area contributed by atoms with Crippen molar-refractivity contribution in [3.63, 3.8) is 0 Å². The van der Waals surface area contributed by atoms with Gasteiger partial charge in [0.25, 0.3) is 10.0 Å². The van der Waals surface area contributed by atoms with Gasteiger partial charge in [-0.2, -0.15) is 0 Å². The van der Waals surface area contributed by atoms with Crippen molar-refractivity contribution in [2.75, 3.05) is 26.1 Å². The maximum atomic E-state index is 13.0. The van der Waals surface area contributed by atoms with Gasteiger partial charge in [-0.05, 0) is 25.1 Å². The van der Waals surface area contributed by atoms with Gasteiger partial charge in [0.2, 0.25) is 0 Å². The molecule has 0 radical (unpaired) electrons. The molecule has 0 fully saturated rings. The zero-order valence-electron chi connectivity index (χ0n) is 16.1. The first kappa shape index (κ1) is 20.8.